The zero-order valence-electron chi connectivity index (χ0n) is 13.4. The van der Waals surface area contributed by atoms with E-state index < -0.39 is 0 Å². The lowest BCUT2D eigenvalue weighted by Gasteiger charge is -2.36. The highest BCUT2D eigenvalue weighted by Crippen LogP contribution is 2.39. The van der Waals surface area contributed by atoms with E-state index in [1.54, 1.807) is 19.2 Å². The lowest BCUT2D eigenvalue weighted by Crippen LogP contribution is -2.45. The highest BCUT2D eigenvalue weighted by atomic mass is 35.5. The summed E-state index contributed by atoms with van der Waals surface area (Å²) in [6.45, 7) is 3.42. The van der Waals surface area contributed by atoms with Gasteiger partial charge in [0.15, 0.2) is 0 Å². The first-order chi connectivity index (χ1) is 11.6. The van der Waals surface area contributed by atoms with Crippen LogP contribution in [0.15, 0.2) is 36.4 Å². The van der Waals surface area contributed by atoms with Crippen molar-refractivity contribution in [2.24, 2.45) is 0 Å². The summed E-state index contributed by atoms with van der Waals surface area (Å²) in [4.78, 5) is 2.28. The van der Waals surface area contributed by atoms with Crippen LogP contribution in [0.5, 0.6) is 5.75 Å². The van der Waals surface area contributed by atoms with Crippen LogP contribution in [0.4, 0.5) is 4.39 Å². The first-order valence-electron chi connectivity index (χ1n) is 7.83. The van der Waals surface area contributed by atoms with Crippen LogP contribution in [0.3, 0.4) is 0 Å². The molecule has 0 aliphatic carbocycles. The molecule has 1 saturated heterocycles. The molecule has 0 saturated carbocycles. The molecule has 1 heterocycles. The van der Waals surface area contributed by atoms with E-state index in [0.29, 0.717) is 15.8 Å². The summed E-state index contributed by atoms with van der Waals surface area (Å²) >= 11 is 12.5. The SMILES string of the molecule is COc1ccc(F)cc1C(c1ccc(Cl)cc1Cl)N1CCNCC1. The van der Waals surface area contributed by atoms with Gasteiger partial charge in [0, 0.05) is 41.8 Å². The van der Waals surface area contributed by atoms with Crippen molar-refractivity contribution < 1.29 is 9.13 Å². The molecule has 128 valence electrons. The molecular formula is C18H19Cl2FN2O. The third-order valence-electron chi connectivity index (χ3n) is 4.26. The molecule has 3 nitrogen and oxygen atoms in total. The molecule has 2 aromatic rings. The fraction of sp³-hybridized carbons (Fsp3) is 0.333. The topological polar surface area (TPSA) is 24.5 Å². The van der Waals surface area contributed by atoms with Crippen LogP contribution in [0.1, 0.15) is 17.2 Å². The summed E-state index contributed by atoms with van der Waals surface area (Å²) in [7, 11) is 1.59. The molecule has 0 bridgehead atoms. The maximum absolute atomic E-state index is 14.0. The molecule has 0 aromatic heterocycles. The minimum atomic E-state index is -0.295. The van der Waals surface area contributed by atoms with Crippen LogP contribution in [0.2, 0.25) is 10.0 Å². The summed E-state index contributed by atoms with van der Waals surface area (Å²) in [6, 6.07) is 9.83. The molecule has 0 amide bonds. The summed E-state index contributed by atoms with van der Waals surface area (Å²) in [5.41, 5.74) is 1.66. The van der Waals surface area contributed by atoms with Gasteiger partial charge in [-0.25, -0.2) is 4.39 Å². The molecule has 24 heavy (non-hydrogen) atoms. The Balaban J connectivity index is 2.13. The van der Waals surface area contributed by atoms with Crippen molar-refractivity contribution in [1.29, 1.82) is 0 Å². The first-order valence-corrected chi connectivity index (χ1v) is 8.59. The number of ether oxygens (including phenoxy) is 1. The monoisotopic (exact) mass is 368 g/mol. The molecule has 0 radical (unpaired) electrons. The Hall–Kier alpha value is -1.33. The Morgan fingerprint density at radius 1 is 1.08 bits per heavy atom. The number of benzene rings is 2. The number of nitrogens with one attached hydrogen (secondary N) is 1. The van der Waals surface area contributed by atoms with Crippen LogP contribution in [0, 0.1) is 5.82 Å². The predicted octanol–water partition coefficient (Wildman–Crippen LogP) is 4.14. The lowest BCUT2D eigenvalue weighted by atomic mass is 9.95. The number of hydrogen-bond acceptors (Lipinski definition) is 3. The van der Waals surface area contributed by atoms with Gasteiger partial charge in [0.2, 0.25) is 0 Å². The van der Waals surface area contributed by atoms with Crippen molar-refractivity contribution in [3.05, 3.63) is 63.4 Å². The molecule has 1 aliphatic heterocycles. The van der Waals surface area contributed by atoms with Crippen LogP contribution in [-0.4, -0.2) is 38.2 Å². The second-order valence-corrected chi connectivity index (χ2v) is 6.58. The summed E-state index contributed by atoms with van der Waals surface area (Å²) in [5, 5.41) is 4.48. The van der Waals surface area contributed by atoms with Gasteiger partial charge in [0.05, 0.1) is 13.2 Å². The van der Waals surface area contributed by atoms with Crippen molar-refractivity contribution in [2.45, 2.75) is 6.04 Å². The smallest absolute Gasteiger partial charge is 0.124 e. The van der Waals surface area contributed by atoms with Crippen molar-refractivity contribution >= 4 is 23.2 Å². The highest BCUT2D eigenvalue weighted by Gasteiger charge is 2.28. The first kappa shape index (κ1) is 17.5. The predicted molar refractivity (Wildman–Crippen MR) is 95.7 cm³/mol. The van der Waals surface area contributed by atoms with Crippen LogP contribution < -0.4 is 10.1 Å². The molecule has 1 fully saturated rings. The third-order valence-corrected chi connectivity index (χ3v) is 4.82. The van der Waals surface area contributed by atoms with Gasteiger partial charge in [-0.3, -0.25) is 4.90 Å². The van der Waals surface area contributed by atoms with Gasteiger partial charge in [-0.1, -0.05) is 29.3 Å². The minimum Gasteiger partial charge on any atom is -0.496 e. The molecule has 1 unspecified atom stereocenters. The Bertz CT molecular complexity index is 720. The quantitative estimate of drug-likeness (QED) is 0.877. The fourth-order valence-corrected chi connectivity index (χ4v) is 3.66. The molecule has 0 spiro atoms. The van der Waals surface area contributed by atoms with E-state index in [1.807, 2.05) is 12.1 Å². The number of nitrogens with zero attached hydrogens (tertiary/aromatic N) is 1. The number of piperazine rings is 1. The van der Waals surface area contributed by atoms with Crippen molar-refractivity contribution in [3.8, 4) is 5.75 Å². The highest BCUT2D eigenvalue weighted by molar-refractivity contribution is 6.35. The largest absolute Gasteiger partial charge is 0.496 e. The Labute approximate surface area is 151 Å². The third kappa shape index (κ3) is 3.67. The van der Waals surface area contributed by atoms with E-state index >= 15 is 0 Å². The van der Waals surface area contributed by atoms with Gasteiger partial charge < -0.3 is 10.1 Å². The van der Waals surface area contributed by atoms with E-state index in [1.165, 1.54) is 12.1 Å². The molecule has 6 heteroatoms. The van der Waals surface area contributed by atoms with E-state index in [-0.39, 0.29) is 11.9 Å². The van der Waals surface area contributed by atoms with E-state index in [0.717, 1.165) is 37.3 Å². The Kier molecular flexibility index (Phi) is 5.61. The molecule has 1 N–H and O–H groups in total. The summed E-state index contributed by atoms with van der Waals surface area (Å²) < 4.78 is 19.4. The normalized spacial score (nSPS) is 16.8. The van der Waals surface area contributed by atoms with E-state index in [4.69, 9.17) is 27.9 Å². The zero-order chi connectivity index (χ0) is 17.1. The number of rotatable bonds is 4. The molecule has 3 rings (SSSR count). The van der Waals surface area contributed by atoms with Crippen LogP contribution in [0.25, 0.3) is 0 Å². The average molecular weight is 369 g/mol. The molecular weight excluding hydrogens is 350 g/mol. The fourth-order valence-electron chi connectivity index (χ4n) is 3.14. The van der Waals surface area contributed by atoms with E-state index in [2.05, 4.69) is 10.2 Å². The second-order valence-electron chi connectivity index (χ2n) is 5.74. The van der Waals surface area contributed by atoms with Gasteiger partial charge in [0.1, 0.15) is 11.6 Å². The maximum Gasteiger partial charge on any atom is 0.124 e. The number of halogens is 3. The lowest BCUT2D eigenvalue weighted by molar-refractivity contribution is 0.195. The summed E-state index contributed by atoms with van der Waals surface area (Å²) in [6.07, 6.45) is 0. The minimum absolute atomic E-state index is 0.192. The zero-order valence-corrected chi connectivity index (χ0v) is 14.9. The maximum atomic E-state index is 14.0. The van der Waals surface area contributed by atoms with Crippen LogP contribution >= 0.6 is 23.2 Å². The Morgan fingerprint density at radius 3 is 2.50 bits per heavy atom. The molecule has 2 aromatic carbocycles. The van der Waals surface area contributed by atoms with Gasteiger partial charge in [-0.05, 0) is 35.9 Å². The number of hydrogen-bond donors (Lipinski definition) is 1. The van der Waals surface area contributed by atoms with Crippen LogP contribution in [-0.2, 0) is 0 Å². The molecule has 1 atom stereocenters. The van der Waals surface area contributed by atoms with Crippen molar-refractivity contribution in [2.75, 3.05) is 33.3 Å². The van der Waals surface area contributed by atoms with Crippen molar-refractivity contribution in [1.82, 2.24) is 10.2 Å². The van der Waals surface area contributed by atoms with Gasteiger partial charge >= 0.3 is 0 Å². The Morgan fingerprint density at radius 2 is 1.83 bits per heavy atom. The van der Waals surface area contributed by atoms with E-state index in [9.17, 15) is 4.39 Å². The van der Waals surface area contributed by atoms with Gasteiger partial charge in [0.25, 0.3) is 0 Å². The number of methoxy groups -OCH3 is 1. The van der Waals surface area contributed by atoms with Crippen molar-refractivity contribution in [3.63, 3.8) is 0 Å². The van der Waals surface area contributed by atoms with Gasteiger partial charge in [-0.15, -0.1) is 0 Å². The molecule has 1 aliphatic rings. The summed E-state index contributed by atoms with van der Waals surface area (Å²) in [5.74, 6) is 0.349. The second kappa shape index (κ2) is 7.70. The van der Waals surface area contributed by atoms with Gasteiger partial charge in [-0.2, -0.15) is 0 Å². The standard InChI is InChI=1S/C18H19Cl2FN2O/c1-24-17-5-3-13(21)11-15(17)18(23-8-6-22-7-9-23)14-4-2-12(19)10-16(14)20/h2-5,10-11,18,22H,6-9H2,1H3. The average Bonchev–Trinajstić information content (AvgIpc) is 2.58.